The molecule has 16 heavy (non-hydrogen) atoms. The summed E-state index contributed by atoms with van der Waals surface area (Å²) in [5.41, 5.74) is -0.650. The summed E-state index contributed by atoms with van der Waals surface area (Å²) in [6.07, 6.45) is 3.08. The highest BCUT2D eigenvalue weighted by Crippen LogP contribution is 2.45. The van der Waals surface area contributed by atoms with E-state index in [1.165, 1.54) is 0 Å². The molecule has 0 bridgehead atoms. The van der Waals surface area contributed by atoms with E-state index in [2.05, 4.69) is 10.6 Å². The normalized spacial score (nSPS) is 23.8. The van der Waals surface area contributed by atoms with Crippen molar-refractivity contribution in [1.82, 2.24) is 10.6 Å². The number of hydrogen-bond acceptors (Lipinski definition) is 3. The second kappa shape index (κ2) is 4.41. The number of amides is 1. The highest BCUT2D eigenvalue weighted by atomic mass is 16.4. The smallest absolute Gasteiger partial charge is 0.311 e. The van der Waals surface area contributed by atoms with Crippen LogP contribution in [0.1, 0.15) is 25.7 Å². The summed E-state index contributed by atoms with van der Waals surface area (Å²) in [7, 11) is 0. The fourth-order valence-corrected chi connectivity index (χ4v) is 2.10. The second-order valence-corrected chi connectivity index (χ2v) is 4.83. The van der Waals surface area contributed by atoms with E-state index in [-0.39, 0.29) is 11.8 Å². The van der Waals surface area contributed by atoms with Gasteiger partial charge in [0, 0.05) is 12.5 Å². The van der Waals surface area contributed by atoms with Gasteiger partial charge in [-0.1, -0.05) is 0 Å². The summed E-state index contributed by atoms with van der Waals surface area (Å²) in [4.78, 5) is 22.7. The zero-order valence-corrected chi connectivity index (χ0v) is 9.29. The Morgan fingerprint density at radius 3 is 2.44 bits per heavy atom. The standard InChI is InChI=1S/C11H18N2O3/c14-9(8-1-5-12-6-2-8)13-7-11(3-4-11)10(15)16/h8,12H,1-7H2,(H,13,14)(H,15,16). The Morgan fingerprint density at radius 2 is 1.94 bits per heavy atom. The molecule has 0 aromatic heterocycles. The van der Waals surface area contributed by atoms with Crippen molar-refractivity contribution in [2.75, 3.05) is 19.6 Å². The Bertz CT molecular complexity index is 294. The van der Waals surface area contributed by atoms with E-state index in [4.69, 9.17) is 5.11 Å². The highest BCUT2D eigenvalue weighted by Gasteiger charge is 2.50. The largest absolute Gasteiger partial charge is 0.481 e. The third kappa shape index (κ3) is 2.35. The van der Waals surface area contributed by atoms with E-state index in [9.17, 15) is 9.59 Å². The number of nitrogens with one attached hydrogen (secondary N) is 2. The molecule has 2 fully saturated rings. The topological polar surface area (TPSA) is 78.4 Å². The first-order valence-corrected chi connectivity index (χ1v) is 5.86. The Morgan fingerprint density at radius 1 is 1.31 bits per heavy atom. The fraction of sp³-hybridized carbons (Fsp3) is 0.818. The molecule has 5 heteroatoms. The molecule has 0 aromatic carbocycles. The molecule has 90 valence electrons. The first-order chi connectivity index (χ1) is 7.64. The van der Waals surface area contributed by atoms with Gasteiger partial charge in [-0.3, -0.25) is 9.59 Å². The summed E-state index contributed by atoms with van der Waals surface area (Å²) in [5, 5.41) is 15.0. The fourth-order valence-electron chi connectivity index (χ4n) is 2.10. The molecule has 0 aromatic rings. The summed E-state index contributed by atoms with van der Waals surface area (Å²) in [5.74, 6) is -0.696. The molecular weight excluding hydrogens is 208 g/mol. The summed E-state index contributed by atoms with van der Waals surface area (Å²) in [6, 6.07) is 0. The lowest BCUT2D eigenvalue weighted by molar-refractivity contribution is -0.143. The van der Waals surface area contributed by atoms with Crippen molar-refractivity contribution in [3.8, 4) is 0 Å². The molecule has 1 saturated carbocycles. The van der Waals surface area contributed by atoms with Crippen LogP contribution >= 0.6 is 0 Å². The number of carboxylic acids is 1. The van der Waals surface area contributed by atoms with Gasteiger partial charge in [-0.05, 0) is 38.8 Å². The molecule has 0 atom stereocenters. The van der Waals surface area contributed by atoms with Crippen LogP contribution in [-0.4, -0.2) is 36.6 Å². The third-order valence-corrected chi connectivity index (χ3v) is 3.62. The Hall–Kier alpha value is -1.10. The zero-order chi connectivity index (χ0) is 11.6. The molecule has 0 radical (unpaired) electrons. The van der Waals surface area contributed by atoms with Crippen molar-refractivity contribution in [3.63, 3.8) is 0 Å². The van der Waals surface area contributed by atoms with Crippen molar-refractivity contribution < 1.29 is 14.7 Å². The first kappa shape index (κ1) is 11.4. The van der Waals surface area contributed by atoms with Gasteiger partial charge in [-0.2, -0.15) is 0 Å². The van der Waals surface area contributed by atoms with E-state index in [1.54, 1.807) is 0 Å². The maximum Gasteiger partial charge on any atom is 0.311 e. The van der Waals surface area contributed by atoms with Crippen LogP contribution in [-0.2, 0) is 9.59 Å². The molecule has 1 heterocycles. The van der Waals surface area contributed by atoms with Crippen LogP contribution in [0.15, 0.2) is 0 Å². The van der Waals surface area contributed by atoms with Gasteiger partial charge in [-0.25, -0.2) is 0 Å². The van der Waals surface area contributed by atoms with E-state index >= 15 is 0 Å². The summed E-state index contributed by atoms with van der Waals surface area (Å²) in [6.45, 7) is 2.05. The van der Waals surface area contributed by atoms with Gasteiger partial charge in [0.1, 0.15) is 0 Å². The minimum atomic E-state index is -0.780. The first-order valence-electron chi connectivity index (χ1n) is 5.86. The summed E-state index contributed by atoms with van der Waals surface area (Å²) >= 11 is 0. The maximum absolute atomic E-state index is 11.8. The number of hydrogen-bond donors (Lipinski definition) is 3. The Labute approximate surface area is 94.6 Å². The average Bonchev–Trinajstić information content (AvgIpc) is 3.08. The molecule has 2 rings (SSSR count). The molecule has 1 amide bonds. The molecule has 0 unspecified atom stereocenters. The van der Waals surface area contributed by atoms with Crippen molar-refractivity contribution >= 4 is 11.9 Å². The number of rotatable bonds is 4. The van der Waals surface area contributed by atoms with E-state index in [0.29, 0.717) is 19.4 Å². The van der Waals surface area contributed by atoms with Gasteiger partial charge < -0.3 is 15.7 Å². The SMILES string of the molecule is O=C(NCC1(C(=O)O)CC1)C1CCNCC1. The van der Waals surface area contributed by atoms with Crippen LogP contribution < -0.4 is 10.6 Å². The van der Waals surface area contributed by atoms with Crippen molar-refractivity contribution in [3.05, 3.63) is 0 Å². The van der Waals surface area contributed by atoms with Gasteiger partial charge in [0.2, 0.25) is 5.91 Å². The number of carboxylic acid groups (broad SMARTS) is 1. The molecule has 2 aliphatic rings. The lowest BCUT2D eigenvalue weighted by Gasteiger charge is -2.22. The third-order valence-electron chi connectivity index (χ3n) is 3.62. The minimum Gasteiger partial charge on any atom is -0.481 e. The van der Waals surface area contributed by atoms with Crippen LogP contribution in [0.2, 0.25) is 0 Å². The summed E-state index contributed by atoms with van der Waals surface area (Å²) < 4.78 is 0. The van der Waals surface area contributed by atoms with E-state index in [1.807, 2.05) is 0 Å². The van der Waals surface area contributed by atoms with Crippen molar-refractivity contribution in [1.29, 1.82) is 0 Å². The molecule has 1 saturated heterocycles. The Balaban J connectivity index is 1.77. The number of carbonyl (C=O) groups is 2. The number of piperidine rings is 1. The van der Waals surface area contributed by atoms with Crippen LogP contribution in [0.5, 0.6) is 0 Å². The Kier molecular flexibility index (Phi) is 3.14. The van der Waals surface area contributed by atoms with Gasteiger partial charge >= 0.3 is 5.97 Å². The van der Waals surface area contributed by atoms with Crippen molar-refractivity contribution in [2.45, 2.75) is 25.7 Å². The maximum atomic E-state index is 11.8. The predicted molar refractivity (Wildman–Crippen MR) is 57.9 cm³/mol. The van der Waals surface area contributed by atoms with Crippen LogP contribution in [0, 0.1) is 11.3 Å². The van der Waals surface area contributed by atoms with Crippen LogP contribution in [0.25, 0.3) is 0 Å². The lowest BCUT2D eigenvalue weighted by Crippen LogP contribution is -2.41. The van der Waals surface area contributed by atoms with Crippen LogP contribution in [0.4, 0.5) is 0 Å². The predicted octanol–water partition coefficient (Wildman–Crippen LogP) is -0.0330. The highest BCUT2D eigenvalue weighted by molar-refractivity contribution is 5.82. The molecule has 1 aliphatic heterocycles. The average molecular weight is 226 g/mol. The molecule has 1 aliphatic carbocycles. The van der Waals surface area contributed by atoms with Gasteiger partial charge in [0.15, 0.2) is 0 Å². The minimum absolute atomic E-state index is 0.0222. The zero-order valence-electron chi connectivity index (χ0n) is 9.29. The van der Waals surface area contributed by atoms with Crippen LogP contribution in [0.3, 0.4) is 0 Å². The quantitative estimate of drug-likeness (QED) is 0.629. The van der Waals surface area contributed by atoms with Gasteiger partial charge in [0.25, 0.3) is 0 Å². The van der Waals surface area contributed by atoms with Crippen molar-refractivity contribution in [2.24, 2.45) is 11.3 Å². The van der Waals surface area contributed by atoms with Gasteiger partial charge in [0.05, 0.1) is 5.41 Å². The number of aliphatic carboxylic acids is 1. The molecule has 0 spiro atoms. The molecular formula is C11H18N2O3. The second-order valence-electron chi connectivity index (χ2n) is 4.83. The van der Waals surface area contributed by atoms with E-state index < -0.39 is 11.4 Å². The van der Waals surface area contributed by atoms with Gasteiger partial charge in [-0.15, -0.1) is 0 Å². The molecule has 3 N–H and O–H groups in total. The monoisotopic (exact) mass is 226 g/mol. The number of carbonyl (C=O) groups excluding carboxylic acids is 1. The molecule has 5 nitrogen and oxygen atoms in total. The van der Waals surface area contributed by atoms with E-state index in [0.717, 1.165) is 25.9 Å². The lowest BCUT2D eigenvalue weighted by atomic mass is 9.97.